The highest BCUT2D eigenvalue weighted by molar-refractivity contribution is 5.92. The highest BCUT2D eigenvalue weighted by Gasteiger charge is 2.26. The van der Waals surface area contributed by atoms with Crippen molar-refractivity contribution in [3.05, 3.63) is 84.4 Å². The smallest absolute Gasteiger partial charge is 0.303 e. The Hall–Kier alpha value is -4.30. The minimum absolute atomic E-state index is 0.0497. The number of primary amides is 1. The average Bonchev–Trinajstić information content (AvgIpc) is 2.98. The van der Waals surface area contributed by atoms with Gasteiger partial charge in [-0.1, -0.05) is 85.3 Å². The molecule has 0 aliphatic rings. The van der Waals surface area contributed by atoms with E-state index in [0.29, 0.717) is 32.2 Å². The summed E-state index contributed by atoms with van der Waals surface area (Å²) in [5.41, 5.74) is 16.4. The summed E-state index contributed by atoms with van der Waals surface area (Å²) in [5, 5.41) is 11.8. The molecular weight excluding hydrogens is 518 g/mol. The number of carbonyl (C=O) groups excluding carboxylic acids is 3. The maximum absolute atomic E-state index is 12.9. The normalized spacial score (nSPS) is 12.3. The molecule has 0 fully saturated rings. The van der Waals surface area contributed by atoms with E-state index in [4.69, 9.17) is 16.6 Å². The van der Waals surface area contributed by atoms with Gasteiger partial charge in [0.25, 0.3) is 0 Å². The Labute approximate surface area is 241 Å². The third-order valence-electron chi connectivity index (χ3n) is 7.15. The van der Waals surface area contributed by atoms with Gasteiger partial charge in [0, 0.05) is 25.2 Å². The Kier molecular flexibility index (Phi) is 12.3. The summed E-state index contributed by atoms with van der Waals surface area (Å²) in [4.78, 5) is 48.6. The summed E-state index contributed by atoms with van der Waals surface area (Å²) < 4.78 is 0. The van der Waals surface area contributed by atoms with Crippen molar-refractivity contribution in [1.82, 2.24) is 5.32 Å². The Balaban J connectivity index is 1.56. The zero-order valence-electron chi connectivity index (χ0n) is 23.3. The molecule has 0 unspecified atom stereocenters. The SMILES string of the molecule is NCCCC[C@H](CC(=O)[C@H](CCC(=O)O)NC(=O)CCc1ccc(-c2ccc(-c3ccccc3)cc2)cc1)C(N)=O. The van der Waals surface area contributed by atoms with Crippen molar-refractivity contribution in [2.24, 2.45) is 17.4 Å². The number of rotatable bonds is 17. The van der Waals surface area contributed by atoms with Crippen LogP contribution in [0.3, 0.4) is 0 Å². The van der Waals surface area contributed by atoms with Gasteiger partial charge in [0.1, 0.15) is 0 Å². The molecule has 0 heterocycles. The van der Waals surface area contributed by atoms with Crippen molar-refractivity contribution in [3.8, 4) is 22.3 Å². The molecule has 0 aliphatic carbocycles. The number of aryl methyl sites for hydroxylation is 1. The number of nitrogens with one attached hydrogen (secondary N) is 1. The van der Waals surface area contributed by atoms with Crippen molar-refractivity contribution in [3.63, 3.8) is 0 Å². The predicted octanol–water partition coefficient (Wildman–Crippen LogP) is 4.49. The first-order valence-corrected chi connectivity index (χ1v) is 14.0. The van der Waals surface area contributed by atoms with E-state index in [0.717, 1.165) is 27.8 Å². The first-order valence-electron chi connectivity index (χ1n) is 14.0. The monoisotopic (exact) mass is 557 g/mol. The summed E-state index contributed by atoms with van der Waals surface area (Å²) in [6.07, 6.45) is 1.91. The van der Waals surface area contributed by atoms with Crippen LogP contribution >= 0.6 is 0 Å². The van der Waals surface area contributed by atoms with Crippen molar-refractivity contribution in [2.75, 3.05) is 6.54 Å². The Morgan fingerprint density at radius 2 is 1.29 bits per heavy atom. The van der Waals surface area contributed by atoms with Crippen LogP contribution in [0.4, 0.5) is 0 Å². The van der Waals surface area contributed by atoms with E-state index < -0.39 is 29.6 Å². The zero-order chi connectivity index (χ0) is 29.6. The minimum atomic E-state index is -1.07. The molecular formula is C33H39N3O5. The molecule has 0 aromatic heterocycles. The molecule has 0 bridgehead atoms. The zero-order valence-corrected chi connectivity index (χ0v) is 23.3. The van der Waals surface area contributed by atoms with Gasteiger partial charge in [-0.3, -0.25) is 19.2 Å². The van der Waals surface area contributed by atoms with Gasteiger partial charge in [-0.2, -0.15) is 0 Å². The molecule has 0 radical (unpaired) electrons. The van der Waals surface area contributed by atoms with E-state index in [-0.39, 0.29) is 31.6 Å². The van der Waals surface area contributed by atoms with Gasteiger partial charge in [-0.15, -0.1) is 0 Å². The van der Waals surface area contributed by atoms with Gasteiger partial charge in [-0.05, 0) is 60.0 Å². The molecule has 2 atom stereocenters. The van der Waals surface area contributed by atoms with E-state index in [9.17, 15) is 19.2 Å². The second-order valence-electron chi connectivity index (χ2n) is 10.2. The van der Waals surface area contributed by atoms with Crippen molar-refractivity contribution in [2.45, 2.75) is 57.4 Å². The maximum atomic E-state index is 12.9. The van der Waals surface area contributed by atoms with Crippen LogP contribution in [0, 0.1) is 5.92 Å². The van der Waals surface area contributed by atoms with Crippen molar-refractivity contribution in [1.29, 1.82) is 0 Å². The van der Waals surface area contributed by atoms with Gasteiger partial charge in [-0.25, -0.2) is 0 Å². The Morgan fingerprint density at radius 3 is 1.83 bits per heavy atom. The minimum Gasteiger partial charge on any atom is -0.481 e. The Bertz CT molecular complexity index is 1290. The molecule has 216 valence electrons. The first-order chi connectivity index (χ1) is 19.8. The fraction of sp³-hybridized carbons (Fsp3) is 0.333. The molecule has 41 heavy (non-hydrogen) atoms. The second-order valence-corrected chi connectivity index (χ2v) is 10.2. The number of benzene rings is 3. The van der Waals surface area contributed by atoms with E-state index in [2.05, 4.69) is 41.7 Å². The van der Waals surface area contributed by atoms with Gasteiger partial charge < -0.3 is 21.9 Å². The fourth-order valence-corrected chi connectivity index (χ4v) is 4.72. The number of carbonyl (C=O) groups is 4. The molecule has 6 N–H and O–H groups in total. The number of Topliss-reactive ketones (excluding diaryl/α,β-unsaturated/α-hetero) is 1. The van der Waals surface area contributed by atoms with Crippen LogP contribution in [0.5, 0.6) is 0 Å². The number of hydrogen-bond donors (Lipinski definition) is 4. The topological polar surface area (TPSA) is 153 Å². The number of ketones is 1. The quantitative estimate of drug-likeness (QED) is 0.179. The van der Waals surface area contributed by atoms with E-state index in [1.807, 2.05) is 42.5 Å². The average molecular weight is 558 g/mol. The Morgan fingerprint density at radius 1 is 0.732 bits per heavy atom. The molecule has 3 aromatic carbocycles. The van der Waals surface area contributed by atoms with Crippen LogP contribution in [0.2, 0.25) is 0 Å². The van der Waals surface area contributed by atoms with E-state index in [1.54, 1.807) is 0 Å². The van der Waals surface area contributed by atoms with Crippen molar-refractivity contribution < 1.29 is 24.3 Å². The molecule has 3 rings (SSSR count). The fourth-order valence-electron chi connectivity index (χ4n) is 4.72. The number of aliphatic carboxylic acids is 1. The molecule has 0 saturated heterocycles. The molecule has 8 nitrogen and oxygen atoms in total. The lowest BCUT2D eigenvalue weighted by Gasteiger charge is -2.20. The van der Waals surface area contributed by atoms with Crippen LogP contribution in [0.1, 0.15) is 50.5 Å². The third-order valence-corrected chi connectivity index (χ3v) is 7.15. The summed E-state index contributed by atoms with van der Waals surface area (Å²) in [6.45, 7) is 0.474. The van der Waals surface area contributed by atoms with Gasteiger partial charge >= 0.3 is 5.97 Å². The maximum Gasteiger partial charge on any atom is 0.303 e. The van der Waals surface area contributed by atoms with E-state index >= 15 is 0 Å². The molecule has 3 aromatic rings. The van der Waals surface area contributed by atoms with Gasteiger partial charge in [0.15, 0.2) is 5.78 Å². The largest absolute Gasteiger partial charge is 0.481 e. The molecule has 0 saturated carbocycles. The van der Waals surface area contributed by atoms with Crippen LogP contribution in [-0.2, 0) is 25.6 Å². The summed E-state index contributed by atoms with van der Waals surface area (Å²) in [6, 6.07) is 25.5. The van der Waals surface area contributed by atoms with E-state index in [1.165, 1.54) is 0 Å². The molecule has 8 heteroatoms. The third kappa shape index (κ3) is 10.3. The number of nitrogens with two attached hydrogens (primary N) is 2. The standard InChI is InChI=1S/C33H39N3O5/c34-21-5-4-8-28(33(35)41)22-30(37)29(18-20-32(39)40)36-31(38)19-11-23-9-12-25(13-10-23)27-16-14-26(15-17-27)24-6-2-1-3-7-24/h1-3,6-7,9-10,12-17,28-29H,4-5,8,11,18-22,34H2,(H2,35,41)(H,36,38)(H,39,40)/t28-,29+/m1/s1. The number of hydrogen-bond acceptors (Lipinski definition) is 5. The predicted molar refractivity (Wildman–Crippen MR) is 160 cm³/mol. The van der Waals surface area contributed by atoms with Gasteiger partial charge in [0.2, 0.25) is 11.8 Å². The first kappa shape index (κ1) is 31.2. The van der Waals surface area contributed by atoms with Crippen LogP contribution in [0.25, 0.3) is 22.3 Å². The summed E-state index contributed by atoms with van der Waals surface area (Å²) in [7, 11) is 0. The second kappa shape index (κ2) is 16.1. The van der Waals surface area contributed by atoms with Gasteiger partial charge in [0.05, 0.1) is 6.04 Å². The molecule has 2 amide bonds. The summed E-state index contributed by atoms with van der Waals surface area (Å²) >= 11 is 0. The highest BCUT2D eigenvalue weighted by Crippen LogP contribution is 2.25. The summed E-state index contributed by atoms with van der Waals surface area (Å²) in [5.74, 6) is -3.08. The van der Waals surface area contributed by atoms with Crippen LogP contribution in [0.15, 0.2) is 78.9 Å². The number of carboxylic acid groups (broad SMARTS) is 1. The highest BCUT2D eigenvalue weighted by atomic mass is 16.4. The number of unbranched alkanes of at least 4 members (excludes halogenated alkanes) is 1. The lowest BCUT2D eigenvalue weighted by molar-refractivity contribution is -0.138. The number of amides is 2. The number of carboxylic acids is 1. The lowest BCUT2D eigenvalue weighted by atomic mass is 9.91. The molecule has 0 aliphatic heterocycles. The lowest BCUT2D eigenvalue weighted by Crippen LogP contribution is -2.42. The molecule has 0 spiro atoms. The van der Waals surface area contributed by atoms with Crippen LogP contribution in [-0.4, -0.2) is 41.3 Å². The van der Waals surface area contributed by atoms with Crippen LogP contribution < -0.4 is 16.8 Å². The van der Waals surface area contributed by atoms with Crippen molar-refractivity contribution >= 4 is 23.6 Å².